The van der Waals surface area contributed by atoms with E-state index in [4.69, 9.17) is 4.74 Å². The van der Waals surface area contributed by atoms with E-state index in [9.17, 15) is 9.90 Å². The quantitative estimate of drug-likeness (QED) is 0.0697. The minimum absolute atomic E-state index is 0.0355. The first-order valence-corrected chi connectivity index (χ1v) is 22.3. The molecule has 4 aliphatic carbocycles. The van der Waals surface area contributed by atoms with Crippen LogP contribution >= 0.6 is 0 Å². The van der Waals surface area contributed by atoms with Gasteiger partial charge in [-0.05, 0) is 124 Å². The maximum Gasteiger partial charge on any atom is 0.306 e. The van der Waals surface area contributed by atoms with E-state index >= 15 is 0 Å². The molecule has 0 spiro atoms. The van der Waals surface area contributed by atoms with E-state index in [1.54, 1.807) is 0 Å². The largest absolute Gasteiger partial charge is 0.461 e. The highest BCUT2D eigenvalue weighted by Crippen LogP contribution is 2.67. The van der Waals surface area contributed by atoms with Gasteiger partial charge in [-0.1, -0.05) is 136 Å². The van der Waals surface area contributed by atoms with Gasteiger partial charge in [-0.3, -0.25) is 4.79 Å². The van der Waals surface area contributed by atoms with Crippen LogP contribution in [0.5, 0.6) is 0 Å². The second kappa shape index (κ2) is 20.4. The monoisotopic (exact) mass is 695 g/mol. The molecule has 3 nitrogen and oxygen atoms in total. The summed E-state index contributed by atoms with van der Waals surface area (Å²) in [7, 11) is 0. The Bertz CT molecular complexity index is 1060. The fraction of sp³-hybridized carbons (Fsp3) is 0.894. The van der Waals surface area contributed by atoms with Crippen LogP contribution in [-0.4, -0.2) is 23.3 Å². The van der Waals surface area contributed by atoms with Gasteiger partial charge < -0.3 is 9.84 Å². The zero-order valence-corrected chi connectivity index (χ0v) is 34.2. The van der Waals surface area contributed by atoms with Crippen LogP contribution in [0.4, 0.5) is 0 Å². The van der Waals surface area contributed by atoms with Gasteiger partial charge in [0.05, 0.1) is 6.10 Å². The lowest BCUT2D eigenvalue weighted by Crippen LogP contribution is -2.56. The van der Waals surface area contributed by atoms with Crippen molar-refractivity contribution in [1.82, 2.24) is 0 Å². The zero-order valence-electron chi connectivity index (χ0n) is 34.2. The minimum atomic E-state index is -0.396. The van der Waals surface area contributed by atoms with Gasteiger partial charge in [0.15, 0.2) is 0 Å². The average molecular weight is 695 g/mol. The first-order valence-electron chi connectivity index (χ1n) is 22.3. The molecule has 0 aromatic carbocycles. The summed E-state index contributed by atoms with van der Waals surface area (Å²) in [5.41, 5.74) is 1.70. The van der Waals surface area contributed by atoms with Crippen LogP contribution in [0, 0.1) is 52.3 Å². The number of rotatable bonds is 22. The summed E-state index contributed by atoms with van der Waals surface area (Å²) in [6.07, 6.45) is 35.5. The van der Waals surface area contributed by atoms with Crippen LogP contribution in [0.25, 0.3) is 0 Å². The van der Waals surface area contributed by atoms with Gasteiger partial charge in [-0.15, -0.1) is 0 Å². The molecule has 50 heavy (non-hydrogen) atoms. The Morgan fingerprint density at radius 1 is 0.880 bits per heavy atom. The molecule has 1 N–H and O–H groups in total. The van der Waals surface area contributed by atoms with Gasteiger partial charge in [-0.2, -0.15) is 0 Å². The molecule has 2 unspecified atom stereocenters. The summed E-state index contributed by atoms with van der Waals surface area (Å²) < 4.78 is 6.43. The SMILES string of the molecule is CCCCCCCC/C=C\CCCCCCCC(=O)OC1CC(O)CC2=CC[C@@H]3[C@@H]4CC[C@H]([C@H](C)CC[C@@H](CC)C(C)C)[C@@]4(C)CC[C@@H]3[C@@]21C. The van der Waals surface area contributed by atoms with Crippen molar-refractivity contribution in [3.63, 3.8) is 0 Å². The van der Waals surface area contributed by atoms with Crippen LogP contribution < -0.4 is 0 Å². The highest BCUT2D eigenvalue weighted by atomic mass is 16.5. The summed E-state index contributed by atoms with van der Waals surface area (Å²) in [4.78, 5) is 13.3. The maximum absolute atomic E-state index is 13.3. The molecular weight excluding hydrogens is 613 g/mol. The molecule has 3 fully saturated rings. The molecule has 0 radical (unpaired) electrons. The van der Waals surface area contributed by atoms with Gasteiger partial charge in [0.2, 0.25) is 0 Å². The number of unbranched alkanes of at least 4 members (excludes halogenated alkanes) is 11. The molecule has 288 valence electrons. The molecule has 0 aliphatic heterocycles. The number of aliphatic hydroxyl groups is 1. The zero-order chi connectivity index (χ0) is 36.1. The predicted octanol–water partition coefficient (Wildman–Crippen LogP) is 13.6. The number of hydrogen-bond donors (Lipinski definition) is 1. The van der Waals surface area contributed by atoms with Crippen LogP contribution in [0.1, 0.15) is 203 Å². The molecule has 0 saturated heterocycles. The molecule has 4 aliphatic rings. The number of carbonyl (C=O) groups excluding carboxylic acids is 1. The number of fused-ring (bicyclic) bond motifs is 5. The molecule has 0 bridgehead atoms. The third-order valence-corrected chi connectivity index (χ3v) is 15.3. The van der Waals surface area contributed by atoms with Crippen molar-refractivity contribution < 1.29 is 14.6 Å². The third kappa shape index (κ3) is 10.5. The number of aliphatic hydroxyl groups excluding tert-OH is 1. The molecule has 3 saturated carbocycles. The highest BCUT2D eigenvalue weighted by molar-refractivity contribution is 5.69. The van der Waals surface area contributed by atoms with Crippen LogP contribution in [0.15, 0.2) is 23.8 Å². The van der Waals surface area contributed by atoms with Crippen molar-refractivity contribution in [3.8, 4) is 0 Å². The maximum atomic E-state index is 13.3. The van der Waals surface area contributed by atoms with Crippen molar-refractivity contribution in [3.05, 3.63) is 23.8 Å². The second-order valence-electron chi connectivity index (χ2n) is 18.7. The number of allylic oxidation sites excluding steroid dienone is 3. The Hall–Kier alpha value is -1.09. The summed E-state index contributed by atoms with van der Waals surface area (Å²) in [6.45, 7) is 17.1. The van der Waals surface area contributed by atoms with Gasteiger partial charge >= 0.3 is 5.97 Å². The molecule has 3 heteroatoms. The van der Waals surface area contributed by atoms with Crippen molar-refractivity contribution in [2.24, 2.45) is 52.3 Å². The van der Waals surface area contributed by atoms with E-state index in [2.05, 4.69) is 66.7 Å². The molecule has 0 aromatic rings. The lowest BCUT2D eigenvalue weighted by atomic mass is 9.46. The molecule has 0 amide bonds. The lowest BCUT2D eigenvalue weighted by Gasteiger charge is -2.60. The summed E-state index contributed by atoms with van der Waals surface area (Å²) >= 11 is 0. The Kier molecular flexibility index (Phi) is 17.0. The Morgan fingerprint density at radius 2 is 1.54 bits per heavy atom. The molecule has 0 heterocycles. The van der Waals surface area contributed by atoms with Crippen LogP contribution in [0.2, 0.25) is 0 Å². The standard InChI is InChI=1S/C47H82O3/c1-8-10-11-12-13-14-15-16-17-18-19-20-21-22-23-24-45(49)50-44-34-39(48)33-38-27-28-40-42-30-29-41(36(5)25-26-37(9-2)35(3)4)46(42,6)32-31-43(40)47(38,44)7/h16-17,27,35-37,39-44,48H,8-15,18-26,28-34H2,1-7H3/b17-16-/t36-,37-,39?,40-,41-,42+,43+,44?,46-,47-/m1/s1. The van der Waals surface area contributed by atoms with E-state index in [0.717, 1.165) is 55.3 Å². The minimum Gasteiger partial charge on any atom is -0.461 e. The van der Waals surface area contributed by atoms with Crippen molar-refractivity contribution >= 4 is 5.97 Å². The highest BCUT2D eigenvalue weighted by Gasteiger charge is 2.61. The first-order chi connectivity index (χ1) is 24.1. The molecule has 0 aromatic heterocycles. The van der Waals surface area contributed by atoms with E-state index < -0.39 is 6.10 Å². The summed E-state index contributed by atoms with van der Waals surface area (Å²) in [6, 6.07) is 0. The summed E-state index contributed by atoms with van der Waals surface area (Å²) in [5.74, 6) is 5.26. The smallest absolute Gasteiger partial charge is 0.306 e. The van der Waals surface area contributed by atoms with Gasteiger partial charge in [-0.25, -0.2) is 0 Å². The average Bonchev–Trinajstić information content (AvgIpc) is 3.44. The Morgan fingerprint density at radius 3 is 2.20 bits per heavy atom. The molecule has 4 rings (SSSR count). The van der Waals surface area contributed by atoms with Gasteiger partial charge in [0.1, 0.15) is 6.10 Å². The van der Waals surface area contributed by atoms with Crippen molar-refractivity contribution in [1.29, 1.82) is 0 Å². The lowest BCUT2D eigenvalue weighted by molar-refractivity contribution is -0.169. The number of hydrogen-bond acceptors (Lipinski definition) is 3. The number of ether oxygens (including phenoxy) is 1. The fourth-order valence-electron chi connectivity index (χ4n) is 12.1. The molecule has 10 atom stereocenters. The fourth-order valence-corrected chi connectivity index (χ4v) is 12.1. The van der Waals surface area contributed by atoms with Gasteiger partial charge in [0, 0.05) is 18.3 Å². The third-order valence-electron chi connectivity index (χ3n) is 15.3. The van der Waals surface area contributed by atoms with Crippen LogP contribution in [0.3, 0.4) is 0 Å². The number of esters is 1. The normalized spacial score (nSPS) is 33.5. The molecular formula is C47H82O3. The van der Waals surface area contributed by atoms with E-state index in [1.165, 1.54) is 121 Å². The van der Waals surface area contributed by atoms with E-state index in [0.29, 0.717) is 30.1 Å². The van der Waals surface area contributed by atoms with Gasteiger partial charge in [0.25, 0.3) is 0 Å². The van der Waals surface area contributed by atoms with Crippen molar-refractivity contribution in [2.45, 2.75) is 215 Å². The van der Waals surface area contributed by atoms with E-state index in [1.807, 2.05) is 0 Å². The predicted molar refractivity (Wildman–Crippen MR) is 213 cm³/mol. The van der Waals surface area contributed by atoms with Crippen LogP contribution in [-0.2, 0) is 9.53 Å². The van der Waals surface area contributed by atoms with Crippen molar-refractivity contribution in [2.75, 3.05) is 0 Å². The Balaban J connectivity index is 1.23. The second-order valence-corrected chi connectivity index (χ2v) is 18.7. The first kappa shape index (κ1) is 41.7. The summed E-state index contributed by atoms with van der Waals surface area (Å²) in [5, 5.41) is 11.0. The number of carbonyl (C=O) groups is 1. The Labute approximate surface area is 310 Å². The van der Waals surface area contributed by atoms with E-state index in [-0.39, 0.29) is 17.5 Å². The topological polar surface area (TPSA) is 46.5 Å².